The zero-order valence-electron chi connectivity index (χ0n) is 19.9. The third-order valence-electron chi connectivity index (χ3n) is 6.47. The molecule has 5 rings (SSSR count). The van der Waals surface area contributed by atoms with Gasteiger partial charge >= 0.3 is 5.69 Å². The van der Waals surface area contributed by atoms with Crippen molar-refractivity contribution in [2.75, 3.05) is 56.6 Å². The van der Waals surface area contributed by atoms with Crippen LogP contribution in [0.4, 0.5) is 11.5 Å². The van der Waals surface area contributed by atoms with Crippen LogP contribution in [0.15, 0.2) is 44.5 Å². The van der Waals surface area contributed by atoms with Crippen LogP contribution in [0.5, 0.6) is 5.75 Å². The maximum Gasteiger partial charge on any atom is 0.332 e. The number of piperazine rings is 1. The Balaban J connectivity index is 1.26. The summed E-state index contributed by atoms with van der Waals surface area (Å²) in [7, 11) is 4.76. The van der Waals surface area contributed by atoms with E-state index >= 15 is 0 Å². The zero-order chi connectivity index (χ0) is 24.7. The Morgan fingerprint density at radius 3 is 2.54 bits per heavy atom. The Morgan fingerprint density at radius 2 is 1.80 bits per heavy atom. The van der Waals surface area contributed by atoms with E-state index in [1.54, 1.807) is 24.8 Å². The highest BCUT2D eigenvalue weighted by molar-refractivity contribution is 9.10. The average molecular weight is 543 g/mol. The van der Waals surface area contributed by atoms with Gasteiger partial charge in [-0.15, -0.1) is 0 Å². The minimum atomic E-state index is -0.422. The molecule has 1 aromatic carbocycles. The monoisotopic (exact) mass is 542 g/mol. The first-order valence-electron chi connectivity index (χ1n) is 11.4. The summed E-state index contributed by atoms with van der Waals surface area (Å²) in [6, 6.07) is 8.12. The van der Waals surface area contributed by atoms with Crippen molar-refractivity contribution in [3.05, 3.63) is 55.8 Å². The normalized spacial score (nSPS) is 14.7. The van der Waals surface area contributed by atoms with Crippen molar-refractivity contribution in [3.8, 4) is 5.75 Å². The number of nitrogens with one attached hydrogen (secondary N) is 1. The van der Waals surface area contributed by atoms with Crippen LogP contribution in [-0.2, 0) is 14.1 Å². The van der Waals surface area contributed by atoms with Crippen LogP contribution in [0, 0.1) is 0 Å². The molecular formula is C23H27BrN8O3. The fourth-order valence-electron chi connectivity index (χ4n) is 4.49. The summed E-state index contributed by atoms with van der Waals surface area (Å²) < 4.78 is 10.3. The Bertz CT molecular complexity index is 1520. The minimum absolute atomic E-state index is 0.308. The second kappa shape index (κ2) is 9.34. The number of para-hydroxylation sites is 2. The quantitative estimate of drug-likeness (QED) is 0.389. The van der Waals surface area contributed by atoms with Crippen LogP contribution < -0.4 is 26.2 Å². The molecule has 0 unspecified atom stereocenters. The predicted octanol–water partition coefficient (Wildman–Crippen LogP) is 1.29. The van der Waals surface area contributed by atoms with E-state index in [4.69, 9.17) is 4.74 Å². The molecule has 12 heteroatoms. The van der Waals surface area contributed by atoms with Gasteiger partial charge in [-0.2, -0.15) is 9.97 Å². The fourth-order valence-corrected chi connectivity index (χ4v) is 4.93. The number of rotatable bonds is 6. The molecule has 35 heavy (non-hydrogen) atoms. The van der Waals surface area contributed by atoms with Crippen molar-refractivity contribution in [1.29, 1.82) is 0 Å². The third kappa shape index (κ3) is 4.16. The van der Waals surface area contributed by atoms with Crippen LogP contribution in [-0.4, -0.2) is 74.8 Å². The first-order chi connectivity index (χ1) is 16.9. The third-order valence-corrected chi connectivity index (χ3v) is 7.05. The lowest BCUT2D eigenvalue weighted by Crippen LogP contribution is -2.47. The SMILES string of the molecule is COc1ccccc1N1CCN(CCNc2nc3nc4c(c(=O)n(C)c(=O)n4C)n3cc2Br)CC1. The Morgan fingerprint density at radius 1 is 1.06 bits per heavy atom. The molecule has 1 N–H and O–H groups in total. The number of hydrogen-bond donors (Lipinski definition) is 1. The Kier molecular flexibility index (Phi) is 6.24. The molecule has 0 spiro atoms. The summed E-state index contributed by atoms with van der Waals surface area (Å²) in [6.07, 6.45) is 1.76. The lowest BCUT2D eigenvalue weighted by molar-refractivity contribution is 0.266. The van der Waals surface area contributed by atoms with Crippen LogP contribution >= 0.6 is 15.9 Å². The van der Waals surface area contributed by atoms with Gasteiger partial charge in [0.15, 0.2) is 11.2 Å². The largest absolute Gasteiger partial charge is 0.495 e. The van der Waals surface area contributed by atoms with E-state index in [0.717, 1.165) is 48.7 Å². The molecular weight excluding hydrogens is 516 g/mol. The molecule has 0 atom stereocenters. The summed E-state index contributed by atoms with van der Waals surface area (Å²) in [6.45, 7) is 5.35. The number of benzene rings is 1. The summed E-state index contributed by atoms with van der Waals surface area (Å²) in [5, 5.41) is 3.37. The van der Waals surface area contributed by atoms with Gasteiger partial charge in [0.05, 0.1) is 17.3 Å². The molecule has 11 nitrogen and oxygen atoms in total. The van der Waals surface area contributed by atoms with E-state index in [1.165, 1.54) is 11.6 Å². The molecule has 1 fully saturated rings. The number of ether oxygens (including phenoxy) is 1. The van der Waals surface area contributed by atoms with Crippen molar-refractivity contribution >= 4 is 44.4 Å². The molecule has 0 saturated carbocycles. The molecule has 1 aliphatic heterocycles. The van der Waals surface area contributed by atoms with Gasteiger partial charge in [0.25, 0.3) is 5.56 Å². The number of aromatic nitrogens is 5. The number of aryl methyl sites for hydroxylation is 1. The van der Waals surface area contributed by atoms with Gasteiger partial charge in [-0.3, -0.25) is 23.2 Å². The van der Waals surface area contributed by atoms with E-state index in [0.29, 0.717) is 33.8 Å². The molecule has 0 aliphatic carbocycles. The number of nitrogens with zero attached hydrogens (tertiary/aromatic N) is 7. The lowest BCUT2D eigenvalue weighted by Gasteiger charge is -2.36. The van der Waals surface area contributed by atoms with Gasteiger partial charge < -0.3 is 15.0 Å². The molecule has 0 bridgehead atoms. The number of fused-ring (bicyclic) bond motifs is 3. The second-order valence-corrected chi connectivity index (χ2v) is 9.38. The lowest BCUT2D eigenvalue weighted by atomic mass is 10.2. The maximum absolute atomic E-state index is 12.7. The Hall–Kier alpha value is -3.38. The van der Waals surface area contributed by atoms with Gasteiger partial charge in [0.1, 0.15) is 11.6 Å². The molecule has 184 valence electrons. The maximum atomic E-state index is 12.7. The molecule has 0 amide bonds. The summed E-state index contributed by atoms with van der Waals surface area (Å²) in [4.78, 5) is 38.8. The van der Waals surface area contributed by atoms with Gasteiger partial charge in [0, 0.05) is 59.6 Å². The predicted molar refractivity (Wildman–Crippen MR) is 139 cm³/mol. The molecule has 4 heterocycles. The minimum Gasteiger partial charge on any atom is -0.495 e. The van der Waals surface area contributed by atoms with Gasteiger partial charge in [-0.1, -0.05) is 12.1 Å². The number of methoxy groups -OCH3 is 1. The van der Waals surface area contributed by atoms with E-state index in [9.17, 15) is 9.59 Å². The molecule has 3 aromatic heterocycles. The highest BCUT2D eigenvalue weighted by atomic mass is 79.9. The van der Waals surface area contributed by atoms with E-state index in [-0.39, 0.29) is 0 Å². The van der Waals surface area contributed by atoms with E-state index < -0.39 is 11.2 Å². The van der Waals surface area contributed by atoms with Crippen molar-refractivity contribution in [1.82, 2.24) is 28.4 Å². The highest BCUT2D eigenvalue weighted by Gasteiger charge is 2.20. The van der Waals surface area contributed by atoms with Crippen LogP contribution in [0.1, 0.15) is 0 Å². The first-order valence-corrected chi connectivity index (χ1v) is 12.2. The Labute approximate surface area is 209 Å². The van der Waals surface area contributed by atoms with Crippen LogP contribution in [0.2, 0.25) is 0 Å². The topological polar surface area (TPSA) is 102 Å². The molecule has 4 aromatic rings. The number of imidazole rings is 1. The number of anilines is 2. The van der Waals surface area contributed by atoms with Gasteiger partial charge in [0.2, 0.25) is 5.78 Å². The fraction of sp³-hybridized carbons (Fsp3) is 0.391. The number of hydrogen-bond acceptors (Lipinski definition) is 8. The van der Waals surface area contributed by atoms with E-state index in [1.807, 2.05) is 18.2 Å². The molecule has 1 saturated heterocycles. The highest BCUT2D eigenvalue weighted by Crippen LogP contribution is 2.28. The summed E-state index contributed by atoms with van der Waals surface area (Å²) in [5.41, 5.74) is 0.930. The number of halogens is 1. The average Bonchev–Trinajstić information content (AvgIpc) is 3.25. The summed E-state index contributed by atoms with van der Waals surface area (Å²) in [5.74, 6) is 1.90. The van der Waals surface area contributed by atoms with Gasteiger partial charge in [-0.05, 0) is 28.1 Å². The summed E-state index contributed by atoms with van der Waals surface area (Å²) >= 11 is 3.55. The standard InChI is InChI=1S/C23H27BrN8O3/c1-28-20-18(21(33)29(2)23(28)34)32-14-15(24)19(26-22(32)27-20)25-8-9-30-10-12-31(13-11-30)16-6-4-5-7-17(16)35-3/h4-7,14H,8-13H2,1-3H3,(H,25,26,27). The van der Waals surface area contributed by atoms with Crippen molar-refractivity contribution in [2.24, 2.45) is 14.1 Å². The first kappa shape index (κ1) is 23.4. The molecule has 0 radical (unpaired) electrons. The second-order valence-electron chi connectivity index (χ2n) is 8.52. The van der Waals surface area contributed by atoms with Crippen LogP contribution in [0.3, 0.4) is 0 Å². The molecule has 1 aliphatic rings. The van der Waals surface area contributed by atoms with Gasteiger partial charge in [-0.25, -0.2) is 4.79 Å². The smallest absolute Gasteiger partial charge is 0.332 e. The van der Waals surface area contributed by atoms with Crippen molar-refractivity contribution in [3.63, 3.8) is 0 Å². The van der Waals surface area contributed by atoms with E-state index in [2.05, 4.69) is 47.1 Å². The van der Waals surface area contributed by atoms with Crippen molar-refractivity contribution < 1.29 is 4.74 Å². The zero-order valence-corrected chi connectivity index (χ0v) is 21.4. The van der Waals surface area contributed by atoms with Crippen molar-refractivity contribution in [2.45, 2.75) is 0 Å². The van der Waals surface area contributed by atoms with Crippen LogP contribution in [0.25, 0.3) is 16.9 Å².